The number of rotatable bonds is 7. The topological polar surface area (TPSA) is 112 Å². The van der Waals surface area contributed by atoms with E-state index < -0.39 is 48.1 Å². The van der Waals surface area contributed by atoms with Crippen LogP contribution in [-0.2, 0) is 14.4 Å². The second-order valence-electron chi connectivity index (χ2n) is 10.00. The van der Waals surface area contributed by atoms with Gasteiger partial charge in [-0.15, -0.1) is 11.3 Å². The first-order chi connectivity index (χ1) is 16.4. The summed E-state index contributed by atoms with van der Waals surface area (Å²) in [5.74, 6) is -1.37. The molecule has 3 amide bonds. The number of nitrogens with zero attached hydrogens (tertiary/aromatic N) is 2. The minimum Gasteiger partial charge on any atom is -0.391 e. The summed E-state index contributed by atoms with van der Waals surface area (Å²) in [7, 11) is 0. The molecule has 3 N–H and O–H groups in total. The second-order valence-corrected chi connectivity index (χ2v) is 10.9. The van der Waals surface area contributed by atoms with Crippen molar-refractivity contribution in [2.24, 2.45) is 5.41 Å². The monoisotopic (exact) mass is 504 g/mol. The fraction of sp³-hybridized carbons (Fsp3) is 0.520. The lowest BCUT2D eigenvalue weighted by Crippen LogP contribution is -2.57. The van der Waals surface area contributed by atoms with Gasteiger partial charge in [0.15, 0.2) is 0 Å². The van der Waals surface area contributed by atoms with E-state index in [2.05, 4.69) is 15.6 Å². The molecule has 1 aliphatic heterocycles. The molecule has 1 fully saturated rings. The number of carbonyl (C=O) groups excluding carboxylic acids is 3. The Labute approximate surface area is 208 Å². The van der Waals surface area contributed by atoms with Gasteiger partial charge < -0.3 is 20.6 Å². The van der Waals surface area contributed by atoms with Crippen LogP contribution in [0, 0.1) is 12.3 Å². The molecule has 1 aromatic carbocycles. The molecule has 1 saturated heterocycles. The lowest BCUT2D eigenvalue weighted by atomic mass is 9.85. The van der Waals surface area contributed by atoms with E-state index in [0.717, 1.165) is 16.1 Å². The number of benzene rings is 1. The summed E-state index contributed by atoms with van der Waals surface area (Å²) in [6.45, 7) is 7.81. The number of likely N-dealkylation sites (tertiary alicyclic amines) is 1. The number of hydrogen-bond donors (Lipinski definition) is 3. The summed E-state index contributed by atoms with van der Waals surface area (Å²) in [6, 6.07) is 4.50. The molecule has 1 unspecified atom stereocenters. The number of nitrogens with one attached hydrogen (secondary N) is 2. The summed E-state index contributed by atoms with van der Waals surface area (Å²) in [4.78, 5) is 44.8. The van der Waals surface area contributed by atoms with Crippen LogP contribution in [0.5, 0.6) is 0 Å². The molecule has 2 aromatic rings. The number of amides is 3. The third-order valence-corrected chi connectivity index (χ3v) is 7.09. The standard InChI is InChI=1S/C25H33FN4O4S/c1-14-21(35-13-27-14)17-8-6-16(7-9-17)19(11-26)29-23(33)20-10-18(32)12-30(20)24(34)22(25(3,4)5)28-15(2)31/h6-9,13,18-20,22,32H,10-12H2,1-5H3,(H,28,31)(H,29,33)/t18-,19+,20+,22?/m1/s1. The largest absolute Gasteiger partial charge is 0.391 e. The Kier molecular flexibility index (Phi) is 8.27. The molecule has 1 aliphatic rings. The minimum atomic E-state index is -0.968. The molecule has 190 valence electrons. The van der Waals surface area contributed by atoms with Crippen molar-refractivity contribution in [3.8, 4) is 10.4 Å². The van der Waals surface area contributed by atoms with E-state index in [4.69, 9.17) is 0 Å². The van der Waals surface area contributed by atoms with Crippen molar-refractivity contribution in [3.63, 3.8) is 0 Å². The van der Waals surface area contributed by atoms with Crippen LogP contribution in [0.4, 0.5) is 4.39 Å². The molecule has 1 aromatic heterocycles. The quantitative estimate of drug-likeness (QED) is 0.537. The van der Waals surface area contributed by atoms with Crippen LogP contribution in [0.3, 0.4) is 0 Å². The Bertz CT molecular complexity index is 1070. The van der Waals surface area contributed by atoms with Gasteiger partial charge in [-0.25, -0.2) is 9.37 Å². The SMILES string of the molecule is CC(=O)NC(C(=O)N1C[C@H](O)C[C@H]1C(=O)N[C@@H](CF)c1ccc(-c2scnc2C)cc1)C(C)(C)C. The van der Waals surface area contributed by atoms with E-state index in [1.807, 2.05) is 39.8 Å². The van der Waals surface area contributed by atoms with Crippen LogP contribution in [0.2, 0.25) is 0 Å². The van der Waals surface area contributed by atoms with E-state index >= 15 is 0 Å². The molecular formula is C25H33FN4O4S. The van der Waals surface area contributed by atoms with Gasteiger partial charge in [-0.1, -0.05) is 45.0 Å². The lowest BCUT2D eigenvalue weighted by molar-refractivity contribution is -0.144. The Hall–Kier alpha value is -2.85. The summed E-state index contributed by atoms with van der Waals surface area (Å²) in [5.41, 5.74) is 3.61. The van der Waals surface area contributed by atoms with E-state index in [9.17, 15) is 23.9 Å². The predicted octanol–water partition coefficient (Wildman–Crippen LogP) is 2.76. The average molecular weight is 505 g/mol. The molecule has 35 heavy (non-hydrogen) atoms. The number of β-amino-alcohol motifs (C(OH)–C–C–N with tert-alkyl or cyclic N) is 1. The Morgan fingerprint density at radius 2 is 1.89 bits per heavy atom. The third kappa shape index (κ3) is 6.24. The maximum absolute atomic E-state index is 14.0. The first-order valence-corrected chi connectivity index (χ1v) is 12.4. The van der Waals surface area contributed by atoms with Gasteiger partial charge in [0.05, 0.1) is 28.2 Å². The highest BCUT2D eigenvalue weighted by Gasteiger charge is 2.44. The van der Waals surface area contributed by atoms with Gasteiger partial charge in [0.25, 0.3) is 0 Å². The van der Waals surface area contributed by atoms with Crippen molar-refractivity contribution < 1.29 is 23.9 Å². The molecule has 8 nitrogen and oxygen atoms in total. The van der Waals surface area contributed by atoms with E-state index in [-0.39, 0.29) is 18.9 Å². The molecule has 3 rings (SSSR count). The highest BCUT2D eigenvalue weighted by Crippen LogP contribution is 2.29. The van der Waals surface area contributed by atoms with E-state index in [0.29, 0.717) is 5.56 Å². The molecular weight excluding hydrogens is 471 g/mol. The van der Waals surface area contributed by atoms with Crippen LogP contribution < -0.4 is 10.6 Å². The van der Waals surface area contributed by atoms with Gasteiger partial charge in [0.2, 0.25) is 17.7 Å². The van der Waals surface area contributed by atoms with Gasteiger partial charge in [-0.2, -0.15) is 0 Å². The van der Waals surface area contributed by atoms with Gasteiger partial charge in [-0.05, 0) is 23.5 Å². The van der Waals surface area contributed by atoms with Gasteiger partial charge in [0.1, 0.15) is 18.8 Å². The number of thiazole rings is 1. The normalized spacial score (nSPS) is 19.8. The Balaban J connectivity index is 1.76. The zero-order valence-corrected chi connectivity index (χ0v) is 21.5. The Morgan fingerprint density at radius 1 is 1.23 bits per heavy atom. The van der Waals surface area contributed by atoms with Crippen LogP contribution in [0.15, 0.2) is 29.8 Å². The number of alkyl halides is 1. The Morgan fingerprint density at radius 3 is 2.40 bits per heavy atom. The summed E-state index contributed by atoms with van der Waals surface area (Å²) < 4.78 is 14.0. The number of hydrogen-bond acceptors (Lipinski definition) is 6. The molecule has 0 aliphatic carbocycles. The van der Waals surface area contributed by atoms with Crippen molar-refractivity contribution in [2.75, 3.05) is 13.2 Å². The van der Waals surface area contributed by atoms with E-state index in [1.54, 1.807) is 17.6 Å². The van der Waals surface area contributed by atoms with E-state index in [1.165, 1.54) is 23.2 Å². The summed E-state index contributed by atoms with van der Waals surface area (Å²) >= 11 is 1.52. The lowest BCUT2D eigenvalue weighted by Gasteiger charge is -2.35. The third-order valence-electron chi connectivity index (χ3n) is 6.12. The molecule has 0 radical (unpaired) electrons. The van der Waals surface area contributed by atoms with Crippen molar-refractivity contribution in [3.05, 3.63) is 41.0 Å². The minimum absolute atomic E-state index is 0.0354. The van der Waals surface area contributed by atoms with Gasteiger partial charge in [0, 0.05) is 19.9 Å². The maximum Gasteiger partial charge on any atom is 0.246 e. The van der Waals surface area contributed by atoms with Crippen molar-refractivity contribution in [2.45, 2.75) is 65.3 Å². The van der Waals surface area contributed by atoms with Crippen LogP contribution in [0.1, 0.15) is 51.4 Å². The highest BCUT2D eigenvalue weighted by atomic mass is 32.1. The number of aliphatic hydroxyl groups excluding tert-OH is 1. The average Bonchev–Trinajstić information content (AvgIpc) is 3.40. The number of halogens is 1. The van der Waals surface area contributed by atoms with Gasteiger partial charge >= 0.3 is 0 Å². The molecule has 0 spiro atoms. The van der Waals surface area contributed by atoms with Crippen LogP contribution in [0.25, 0.3) is 10.4 Å². The summed E-state index contributed by atoms with van der Waals surface area (Å²) in [5, 5.41) is 15.6. The zero-order chi connectivity index (χ0) is 25.9. The molecule has 0 bridgehead atoms. The van der Waals surface area contributed by atoms with Crippen molar-refractivity contribution in [1.29, 1.82) is 0 Å². The number of aryl methyl sites for hydroxylation is 1. The summed E-state index contributed by atoms with van der Waals surface area (Å²) in [6.07, 6.45) is -0.852. The number of carbonyl (C=O) groups is 3. The fourth-order valence-corrected chi connectivity index (χ4v) is 5.06. The van der Waals surface area contributed by atoms with Crippen molar-refractivity contribution in [1.82, 2.24) is 20.5 Å². The van der Waals surface area contributed by atoms with Gasteiger partial charge in [-0.3, -0.25) is 14.4 Å². The van der Waals surface area contributed by atoms with Crippen LogP contribution >= 0.6 is 11.3 Å². The maximum atomic E-state index is 14.0. The second kappa shape index (κ2) is 10.8. The first-order valence-electron chi connectivity index (χ1n) is 11.5. The van der Waals surface area contributed by atoms with Crippen molar-refractivity contribution >= 4 is 29.1 Å². The molecule has 0 saturated carbocycles. The predicted molar refractivity (Wildman–Crippen MR) is 132 cm³/mol. The smallest absolute Gasteiger partial charge is 0.246 e. The number of aliphatic hydroxyl groups is 1. The zero-order valence-electron chi connectivity index (χ0n) is 20.7. The molecule has 2 heterocycles. The molecule has 10 heteroatoms. The van der Waals surface area contributed by atoms with Crippen LogP contribution in [-0.4, -0.2) is 64.1 Å². The first kappa shape index (κ1) is 26.7. The highest BCUT2D eigenvalue weighted by molar-refractivity contribution is 7.13. The number of aromatic nitrogens is 1. The fourth-order valence-electron chi connectivity index (χ4n) is 4.25. The molecule has 4 atom stereocenters.